The number of amides is 1. The van der Waals surface area contributed by atoms with Gasteiger partial charge in [-0.15, -0.1) is 0 Å². The molecule has 1 aliphatic rings. The number of carbonyl (C=O) groups excluding carboxylic acids is 1. The molecule has 1 saturated heterocycles. The zero-order chi connectivity index (χ0) is 14.7. The van der Waals surface area contributed by atoms with Gasteiger partial charge in [0.25, 0.3) is 5.91 Å². The van der Waals surface area contributed by atoms with Crippen molar-refractivity contribution in [2.45, 2.75) is 32.3 Å². The Hall–Kier alpha value is -1.40. The molecule has 1 atom stereocenters. The monoisotopic (exact) mass is 341 g/mol. The molecular weight excluding hydrogens is 326 g/mol. The Balaban J connectivity index is 2.20. The quantitative estimate of drug-likeness (QED) is 0.886. The van der Waals surface area contributed by atoms with Crippen LogP contribution in [0.2, 0.25) is 0 Å². The minimum Gasteiger partial charge on any atom is -0.478 e. The first-order chi connectivity index (χ1) is 9.49. The summed E-state index contributed by atoms with van der Waals surface area (Å²) in [6.45, 7) is 2.27. The van der Waals surface area contributed by atoms with Gasteiger partial charge in [-0.3, -0.25) is 4.79 Å². The van der Waals surface area contributed by atoms with Gasteiger partial charge in [0.1, 0.15) is 6.10 Å². The lowest BCUT2D eigenvalue weighted by atomic mass is 10.1. The van der Waals surface area contributed by atoms with Gasteiger partial charge in [0.15, 0.2) is 0 Å². The SMILES string of the molecule is Cc1c(NC(=O)C2CCCCO2)cc(Br)cc1C(=O)O. The van der Waals surface area contributed by atoms with Crippen LogP contribution in [0.25, 0.3) is 0 Å². The molecule has 108 valence electrons. The first-order valence-electron chi connectivity index (χ1n) is 6.45. The predicted octanol–water partition coefficient (Wildman–Crippen LogP) is 2.96. The van der Waals surface area contributed by atoms with E-state index in [0.29, 0.717) is 28.8 Å². The Bertz CT molecular complexity index is 538. The van der Waals surface area contributed by atoms with Crippen molar-refractivity contribution < 1.29 is 19.4 Å². The molecule has 0 spiro atoms. The van der Waals surface area contributed by atoms with Crippen LogP contribution in [-0.2, 0) is 9.53 Å². The summed E-state index contributed by atoms with van der Waals surface area (Å²) in [6.07, 6.45) is 2.19. The second-order valence-electron chi connectivity index (χ2n) is 4.78. The van der Waals surface area contributed by atoms with Crippen molar-refractivity contribution in [2.75, 3.05) is 11.9 Å². The number of hydrogen-bond donors (Lipinski definition) is 2. The highest BCUT2D eigenvalue weighted by Gasteiger charge is 2.23. The minimum absolute atomic E-state index is 0.166. The van der Waals surface area contributed by atoms with Crippen LogP contribution >= 0.6 is 15.9 Å². The molecule has 1 unspecified atom stereocenters. The molecular formula is C14H16BrNO4. The molecule has 0 radical (unpaired) electrons. The van der Waals surface area contributed by atoms with Gasteiger partial charge in [0.05, 0.1) is 5.56 Å². The van der Waals surface area contributed by atoms with E-state index in [-0.39, 0.29) is 11.5 Å². The number of halogens is 1. The highest BCUT2D eigenvalue weighted by molar-refractivity contribution is 9.10. The molecule has 2 N–H and O–H groups in total. The Kier molecular flexibility index (Phi) is 4.77. The second kappa shape index (κ2) is 6.37. The zero-order valence-electron chi connectivity index (χ0n) is 11.1. The van der Waals surface area contributed by atoms with Crippen molar-refractivity contribution in [1.29, 1.82) is 0 Å². The summed E-state index contributed by atoms with van der Waals surface area (Å²) < 4.78 is 6.03. The lowest BCUT2D eigenvalue weighted by Crippen LogP contribution is -2.33. The van der Waals surface area contributed by atoms with E-state index in [9.17, 15) is 9.59 Å². The molecule has 0 aliphatic carbocycles. The smallest absolute Gasteiger partial charge is 0.336 e. The summed E-state index contributed by atoms with van der Waals surface area (Å²) in [4.78, 5) is 23.3. The number of carboxylic acid groups (broad SMARTS) is 1. The average Bonchev–Trinajstić information content (AvgIpc) is 2.43. The lowest BCUT2D eigenvalue weighted by Gasteiger charge is -2.22. The van der Waals surface area contributed by atoms with Gasteiger partial charge in [-0.05, 0) is 43.9 Å². The summed E-state index contributed by atoms with van der Waals surface area (Å²) in [6, 6.07) is 3.22. The number of carbonyl (C=O) groups is 2. The first-order valence-corrected chi connectivity index (χ1v) is 7.24. The van der Waals surface area contributed by atoms with Crippen LogP contribution in [0.1, 0.15) is 35.2 Å². The number of aromatic carboxylic acids is 1. The van der Waals surface area contributed by atoms with E-state index >= 15 is 0 Å². The van der Waals surface area contributed by atoms with Gasteiger partial charge in [0.2, 0.25) is 0 Å². The summed E-state index contributed by atoms with van der Waals surface area (Å²) in [5.74, 6) is -1.24. The molecule has 0 bridgehead atoms. The predicted molar refractivity (Wildman–Crippen MR) is 78.1 cm³/mol. The number of nitrogens with one attached hydrogen (secondary N) is 1. The molecule has 5 nitrogen and oxygen atoms in total. The Morgan fingerprint density at radius 2 is 2.15 bits per heavy atom. The number of ether oxygens (including phenoxy) is 1. The second-order valence-corrected chi connectivity index (χ2v) is 5.69. The van der Waals surface area contributed by atoms with Gasteiger partial charge in [-0.1, -0.05) is 15.9 Å². The molecule has 6 heteroatoms. The number of carboxylic acids is 1. The largest absolute Gasteiger partial charge is 0.478 e. The van der Waals surface area contributed by atoms with Crippen LogP contribution in [0.15, 0.2) is 16.6 Å². The molecule has 1 heterocycles. The van der Waals surface area contributed by atoms with Crippen molar-refractivity contribution in [3.8, 4) is 0 Å². The highest BCUT2D eigenvalue weighted by Crippen LogP contribution is 2.26. The van der Waals surface area contributed by atoms with E-state index in [0.717, 1.165) is 12.8 Å². The molecule has 0 saturated carbocycles. The number of anilines is 1. The fraction of sp³-hybridized carbons (Fsp3) is 0.429. The van der Waals surface area contributed by atoms with Crippen molar-refractivity contribution in [3.63, 3.8) is 0 Å². The van der Waals surface area contributed by atoms with Crippen LogP contribution in [-0.4, -0.2) is 29.7 Å². The molecule has 1 aromatic rings. The fourth-order valence-corrected chi connectivity index (χ4v) is 2.65. The maximum atomic E-state index is 12.1. The highest BCUT2D eigenvalue weighted by atomic mass is 79.9. The van der Waals surface area contributed by atoms with E-state index in [1.165, 1.54) is 6.07 Å². The van der Waals surface area contributed by atoms with Gasteiger partial charge in [-0.2, -0.15) is 0 Å². The Morgan fingerprint density at radius 1 is 1.40 bits per heavy atom. The topological polar surface area (TPSA) is 75.6 Å². The van der Waals surface area contributed by atoms with E-state index in [2.05, 4.69) is 21.2 Å². The summed E-state index contributed by atoms with van der Waals surface area (Å²) in [5.41, 5.74) is 1.19. The molecule has 2 rings (SSSR count). The number of benzene rings is 1. The van der Waals surface area contributed by atoms with Crippen LogP contribution in [0, 0.1) is 6.92 Å². The molecule has 0 aromatic heterocycles. The summed E-state index contributed by atoms with van der Waals surface area (Å²) >= 11 is 3.26. The van der Waals surface area contributed by atoms with Gasteiger partial charge in [-0.25, -0.2) is 4.79 Å². The molecule has 1 fully saturated rings. The van der Waals surface area contributed by atoms with Crippen LogP contribution in [0.3, 0.4) is 0 Å². The Morgan fingerprint density at radius 3 is 2.75 bits per heavy atom. The van der Waals surface area contributed by atoms with E-state index < -0.39 is 12.1 Å². The standard InChI is InChI=1S/C14H16BrNO4/c1-8-10(14(18)19)6-9(15)7-11(8)16-13(17)12-4-2-3-5-20-12/h6-7,12H,2-5H2,1H3,(H,16,17)(H,18,19). The lowest BCUT2D eigenvalue weighted by molar-refractivity contribution is -0.129. The van der Waals surface area contributed by atoms with E-state index in [4.69, 9.17) is 9.84 Å². The van der Waals surface area contributed by atoms with Crippen molar-refractivity contribution >= 4 is 33.5 Å². The third-order valence-electron chi connectivity index (χ3n) is 3.33. The van der Waals surface area contributed by atoms with E-state index in [1.54, 1.807) is 13.0 Å². The summed E-state index contributed by atoms with van der Waals surface area (Å²) in [7, 11) is 0. The van der Waals surface area contributed by atoms with Crippen LogP contribution in [0.5, 0.6) is 0 Å². The van der Waals surface area contributed by atoms with Gasteiger partial charge >= 0.3 is 5.97 Å². The molecule has 1 aliphatic heterocycles. The minimum atomic E-state index is -1.02. The molecule has 1 aromatic carbocycles. The molecule has 1 amide bonds. The first kappa shape index (κ1) is 15.0. The third-order valence-corrected chi connectivity index (χ3v) is 3.79. The van der Waals surface area contributed by atoms with Crippen LogP contribution < -0.4 is 5.32 Å². The van der Waals surface area contributed by atoms with E-state index in [1.807, 2.05) is 0 Å². The average molecular weight is 342 g/mol. The normalized spacial score (nSPS) is 18.6. The van der Waals surface area contributed by atoms with Crippen molar-refractivity contribution in [2.24, 2.45) is 0 Å². The molecule has 20 heavy (non-hydrogen) atoms. The number of hydrogen-bond acceptors (Lipinski definition) is 3. The maximum Gasteiger partial charge on any atom is 0.336 e. The van der Waals surface area contributed by atoms with Gasteiger partial charge < -0.3 is 15.2 Å². The van der Waals surface area contributed by atoms with Crippen LogP contribution in [0.4, 0.5) is 5.69 Å². The Labute approximate surface area is 125 Å². The van der Waals surface area contributed by atoms with Gasteiger partial charge in [0, 0.05) is 16.8 Å². The van der Waals surface area contributed by atoms with Crippen molar-refractivity contribution in [3.05, 3.63) is 27.7 Å². The summed E-state index contributed by atoms with van der Waals surface area (Å²) in [5, 5.41) is 11.9. The number of rotatable bonds is 3. The maximum absolute atomic E-state index is 12.1. The fourth-order valence-electron chi connectivity index (χ4n) is 2.19. The third kappa shape index (κ3) is 3.37. The zero-order valence-corrected chi connectivity index (χ0v) is 12.7. The van der Waals surface area contributed by atoms with Crippen molar-refractivity contribution in [1.82, 2.24) is 0 Å².